The molecule has 0 unspecified atom stereocenters. The van der Waals surface area contributed by atoms with Crippen LogP contribution in [0.3, 0.4) is 0 Å². The molecule has 0 amide bonds. The Balaban J connectivity index is 1.38. The van der Waals surface area contributed by atoms with Gasteiger partial charge in [0.25, 0.3) is 0 Å². The summed E-state index contributed by atoms with van der Waals surface area (Å²) in [4.78, 5) is 21.2. The lowest BCUT2D eigenvalue weighted by Crippen LogP contribution is -2.08. The Morgan fingerprint density at radius 1 is 1.21 bits per heavy atom. The highest BCUT2D eigenvalue weighted by Crippen LogP contribution is 2.31. The third kappa shape index (κ3) is 3.73. The molecule has 2 aromatic carbocycles. The van der Waals surface area contributed by atoms with Crippen molar-refractivity contribution in [2.75, 3.05) is 6.61 Å². The fraction of sp³-hybridized carbons (Fsp3) is 0.0833. The number of rotatable bonds is 5. The summed E-state index contributed by atoms with van der Waals surface area (Å²) in [6, 6.07) is 20.6. The van der Waals surface area contributed by atoms with Crippen LogP contribution in [0.15, 0.2) is 66.4 Å². The number of nitrogens with zero attached hydrogens (tertiary/aromatic N) is 4. The lowest BCUT2D eigenvalue weighted by Gasteiger charge is -2.04. The van der Waals surface area contributed by atoms with Crippen LogP contribution in [0.1, 0.15) is 21.2 Å². The van der Waals surface area contributed by atoms with Crippen LogP contribution in [0.5, 0.6) is 0 Å². The SMILES string of the molecule is Cc1nn(-c2ccccc2)c2sc(C(=O)OC/C(O)=C(\C#N)c3nc4ccccc4[nH]3)cc12. The molecule has 0 bridgehead atoms. The third-order valence-corrected chi connectivity index (χ3v) is 6.20. The number of carbonyl (C=O) groups is 1. The Bertz CT molecular complexity index is 1540. The predicted octanol–water partition coefficient (Wildman–Crippen LogP) is 4.92. The molecule has 0 fully saturated rings. The van der Waals surface area contributed by atoms with Crippen LogP contribution >= 0.6 is 11.3 Å². The van der Waals surface area contributed by atoms with Crippen molar-refractivity contribution in [3.63, 3.8) is 0 Å². The van der Waals surface area contributed by atoms with Crippen LogP contribution in [0.2, 0.25) is 0 Å². The molecule has 2 N–H and O–H groups in total. The molecule has 3 aromatic heterocycles. The summed E-state index contributed by atoms with van der Waals surface area (Å²) in [5.74, 6) is -0.756. The summed E-state index contributed by atoms with van der Waals surface area (Å²) in [5, 5.41) is 25.4. The fourth-order valence-electron chi connectivity index (χ4n) is 3.49. The van der Waals surface area contributed by atoms with E-state index in [0.717, 1.165) is 27.1 Å². The van der Waals surface area contributed by atoms with E-state index in [1.165, 1.54) is 11.3 Å². The van der Waals surface area contributed by atoms with Crippen LogP contribution in [-0.4, -0.2) is 37.4 Å². The largest absolute Gasteiger partial charge is 0.507 e. The average molecular weight is 455 g/mol. The molecule has 0 aliphatic rings. The molecule has 5 rings (SSSR count). The van der Waals surface area contributed by atoms with Gasteiger partial charge >= 0.3 is 5.97 Å². The molecular formula is C24H17N5O3S. The molecule has 9 heteroatoms. The van der Waals surface area contributed by atoms with Crippen molar-refractivity contribution < 1.29 is 14.6 Å². The first kappa shape index (κ1) is 20.5. The number of hydrogen-bond acceptors (Lipinski definition) is 7. The summed E-state index contributed by atoms with van der Waals surface area (Å²) in [5.41, 5.74) is 3.01. The van der Waals surface area contributed by atoms with Gasteiger partial charge in [-0.3, -0.25) is 0 Å². The van der Waals surface area contributed by atoms with Gasteiger partial charge in [0, 0.05) is 5.39 Å². The van der Waals surface area contributed by atoms with E-state index < -0.39 is 12.6 Å². The van der Waals surface area contributed by atoms with Crippen LogP contribution < -0.4 is 0 Å². The number of fused-ring (bicyclic) bond motifs is 2. The van der Waals surface area contributed by atoms with Gasteiger partial charge < -0.3 is 14.8 Å². The molecule has 0 saturated heterocycles. The summed E-state index contributed by atoms with van der Waals surface area (Å²) in [6.07, 6.45) is 0. The highest BCUT2D eigenvalue weighted by Gasteiger charge is 2.20. The van der Waals surface area contributed by atoms with Crippen molar-refractivity contribution in [2.24, 2.45) is 0 Å². The van der Waals surface area contributed by atoms with E-state index in [-0.39, 0.29) is 17.2 Å². The number of imidazole rings is 1. The van der Waals surface area contributed by atoms with Gasteiger partial charge in [-0.2, -0.15) is 10.4 Å². The maximum Gasteiger partial charge on any atom is 0.348 e. The quantitative estimate of drug-likeness (QED) is 0.221. The summed E-state index contributed by atoms with van der Waals surface area (Å²) in [6.45, 7) is 1.43. The Morgan fingerprint density at radius 3 is 2.73 bits per heavy atom. The number of allylic oxidation sites excluding steroid dienone is 1. The van der Waals surface area contributed by atoms with Gasteiger partial charge in [0.15, 0.2) is 11.6 Å². The smallest absolute Gasteiger partial charge is 0.348 e. The average Bonchev–Trinajstić information content (AvgIpc) is 3.53. The normalized spacial score (nSPS) is 12.0. The molecule has 0 aliphatic carbocycles. The van der Waals surface area contributed by atoms with E-state index in [0.29, 0.717) is 10.4 Å². The van der Waals surface area contributed by atoms with Crippen molar-refractivity contribution in [1.29, 1.82) is 5.26 Å². The van der Waals surface area contributed by atoms with Gasteiger partial charge in [-0.15, -0.1) is 11.3 Å². The number of aromatic amines is 1. The molecule has 0 atom stereocenters. The molecule has 33 heavy (non-hydrogen) atoms. The first-order chi connectivity index (χ1) is 16.0. The van der Waals surface area contributed by atoms with Crippen LogP contribution in [0, 0.1) is 18.3 Å². The van der Waals surface area contributed by atoms with E-state index >= 15 is 0 Å². The van der Waals surface area contributed by atoms with Crippen molar-refractivity contribution in [3.8, 4) is 11.8 Å². The Kier molecular flexibility index (Phi) is 5.12. The molecule has 5 aromatic rings. The number of nitriles is 1. The van der Waals surface area contributed by atoms with E-state index in [4.69, 9.17) is 4.74 Å². The lowest BCUT2D eigenvalue weighted by molar-refractivity contribution is 0.0508. The minimum Gasteiger partial charge on any atom is -0.507 e. The molecule has 0 radical (unpaired) electrons. The van der Waals surface area contributed by atoms with Crippen LogP contribution in [0.25, 0.3) is 32.5 Å². The van der Waals surface area contributed by atoms with Crippen molar-refractivity contribution in [1.82, 2.24) is 19.7 Å². The molecule has 162 valence electrons. The number of hydrogen-bond donors (Lipinski definition) is 2. The monoisotopic (exact) mass is 455 g/mol. The number of aromatic nitrogens is 4. The Labute approximate surface area is 192 Å². The fourth-order valence-corrected chi connectivity index (χ4v) is 4.57. The zero-order chi connectivity index (χ0) is 22.9. The molecule has 8 nitrogen and oxygen atoms in total. The van der Waals surface area contributed by atoms with Gasteiger partial charge in [-0.25, -0.2) is 14.5 Å². The van der Waals surface area contributed by atoms with Gasteiger partial charge in [-0.05, 0) is 37.3 Å². The first-order valence-corrected chi connectivity index (χ1v) is 10.9. The van der Waals surface area contributed by atoms with Gasteiger partial charge in [0.05, 0.1) is 22.4 Å². The highest BCUT2D eigenvalue weighted by atomic mass is 32.1. The second-order valence-corrected chi connectivity index (χ2v) is 8.31. The second kappa shape index (κ2) is 8.26. The highest BCUT2D eigenvalue weighted by molar-refractivity contribution is 7.20. The summed E-state index contributed by atoms with van der Waals surface area (Å²) < 4.78 is 7.08. The number of aliphatic hydroxyl groups is 1. The number of aliphatic hydroxyl groups excluding tert-OH is 1. The topological polar surface area (TPSA) is 117 Å². The zero-order valence-corrected chi connectivity index (χ0v) is 18.3. The van der Waals surface area contributed by atoms with Crippen molar-refractivity contribution in [3.05, 3.63) is 82.8 Å². The maximum atomic E-state index is 12.7. The minimum absolute atomic E-state index is 0.0779. The van der Waals surface area contributed by atoms with Gasteiger partial charge in [0.2, 0.25) is 0 Å². The number of nitrogens with one attached hydrogen (secondary N) is 1. The Morgan fingerprint density at radius 2 is 1.97 bits per heavy atom. The number of benzene rings is 2. The van der Waals surface area contributed by atoms with Gasteiger partial charge in [0.1, 0.15) is 28.0 Å². The number of ether oxygens (including phenoxy) is 1. The number of para-hydroxylation sites is 3. The van der Waals surface area contributed by atoms with Gasteiger partial charge in [-0.1, -0.05) is 30.3 Å². The minimum atomic E-state index is -0.594. The zero-order valence-electron chi connectivity index (χ0n) is 17.4. The summed E-state index contributed by atoms with van der Waals surface area (Å²) >= 11 is 1.26. The predicted molar refractivity (Wildman–Crippen MR) is 125 cm³/mol. The van der Waals surface area contributed by atoms with Crippen molar-refractivity contribution in [2.45, 2.75) is 6.92 Å². The number of thiophene rings is 1. The van der Waals surface area contributed by atoms with E-state index in [2.05, 4.69) is 15.1 Å². The molecule has 0 aliphatic heterocycles. The maximum absolute atomic E-state index is 12.7. The second-order valence-electron chi connectivity index (χ2n) is 7.27. The Hall–Kier alpha value is -4.42. The molecular weight excluding hydrogens is 438 g/mol. The third-order valence-electron chi connectivity index (χ3n) is 5.11. The number of esters is 1. The molecule has 3 heterocycles. The van der Waals surface area contributed by atoms with E-state index in [9.17, 15) is 15.2 Å². The van der Waals surface area contributed by atoms with Crippen molar-refractivity contribution >= 4 is 44.1 Å². The number of aryl methyl sites for hydroxylation is 1. The van der Waals surface area contributed by atoms with E-state index in [1.54, 1.807) is 16.8 Å². The van der Waals surface area contributed by atoms with E-state index in [1.807, 2.05) is 61.5 Å². The number of carbonyl (C=O) groups excluding carboxylic acids is 1. The first-order valence-electron chi connectivity index (χ1n) is 10.0. The number of H-pyrrole nitrogens is 1. The summed E-state index contributed by atoms with van der Waals surface area (Å²) in [7, 11) is 0. The van der Waals surface area contributed by atoms with Crippen LogP contribution in [-0.2, 0) is 4.74 Å². The lowest BCUT2D eigenvalue weighted by atomic mass is 10.2. The molecule has 0 spiro atoms. The van der Waals surface area contributed by atoms with Crippen LogP contribution in [0.4, 0.5) is 0 Å². The molecule has 0 saturated carbocycles. The standard InChI is InChI=1S/C24H17N5O3S/c1-14-16-11-21(33-23(16)29(28-14)15-7-3-2-4-8-15)24(31)32-13-20(30)17(12-25)22-26-18-9-5-6-10-19(18)27-22/h2-11,30H,13H2,1H3,(H,26,27)/b20-17-.